The molecule has 0 saturated heterocycles. The van der Waals surface area contributed by atoms with Crippen molar-refractivity contribution < 1.29 is 22.7 Å². The summed E-state index contributed by atoms with van der Waals surface area (Å²) in [5.74, 6) is -2.50. The van der Waals surface area contributed by atoms with Crippen molar-refractivity contribution in [3.8, 4) is 11.8 Å². The van der Waals surface area contributed by atoms with Crippen molar-refractivity contribution in [2.75, 3.05) is 0 Å². The quantitative estimate of drug-likeness (QED) is 0.770. The molecule has 3 nitrogen and oxygen atoms in total. The SMILES string of the molecule is Cl.N#Cc1ccc(F)c(O)c1[C@H](N)C(F)(F)F. The highest BCUT2D eigenvalue weighted by Gasteiger charge is 2.41. The number of rotatable bonds is 1. The molecular formula is C9H7ClF4N2O. The zero-order valence-electron chi connectivity index (χ0n) is 8.12. The molecule has 1 aromatic rings. The Labute approximate surface area is 99.9 Å². The van der Waals surface area contributed by atoms with Crippen LogP contribution in [0.2, 0.25) is 0 Å². The molecule has 0 heterocycles. The highest BCUT2D eigenvalue weighted by Crippen LogP contribution is 2.37. The first-order chi connectivity index (χ1) is 7.29. The lowest BCUT2D eigenvalue weighted by Gasteiger charge is -2.18. The zero-order valence-corrected chi connectivity index (χ0v) is 8.94. The molecule has 0 aliphatic carbocycles. The standard InChI is InChI=1S/C9H6F4N2O.ClH/c10-5-2-1-4(3-14)6(7(5)16)8(15)9(11,12)13;/h1-2,8,16H,15H2;1H/t8-;/m0./s1. The molecule has 94 valence electrons. The topological polar surface area (TPSA) is 70.0 Å². The van der Waals surface area contributed by atoms with Gasteiger partial charge in [0, 0.05) is 5.56 Å². The number of alkyl halides is 3. The van der Waals surface area contributed by atoms with Gasteiger partial charge in [0.1, 0.15) is 6.04 Å². The Kier molecular flexibility index (Phi) is 4.74. The number of nitrogens with two attached hydrogens (primary N) is 1. The van der Waals surface area contributed by atoms with Gasteiger partial charge in [-0.15, -0.1) is 12.4 Å². The first-order valence-electron chi connectivity index (χ1n) is 4.02. The second-order valence-electron chi connectivity index (χ2n) is 2.99. The summed E-state index contributed by atoms with van der Waals surface area (Å²) in [6, 6.07) is 0.335. The Hall–Kier alpha value is -1.52. The van der Waals surface area contributed by atoms with Crippen molar-refractivity contribution in [1.29, 1.82) is 5.26 Å². The van der Waals surface area contributed by atoms with Gasteiger partial charge in [0.25, 0.3) is 0 Å². The highest BCUT2D eigenvalue weighted by molar-refractivity contribution is 5.85. The summed E-state index contributed by atoms with van der Waals surface area (Å²) in [4.78, 5) is 0. The average molecular weight is 271 g/mol. The third kappa shape index (κ3) is 2.99. The molecular weight excluding hydrogens is 264 g/mol. The molecule has 0 spiro atoms. The van der Waals surface area contributed by atoms with Crippen molar-refractivity contribution in [2.45, 2.75) is 12.2 Å². The van der Waals surface area contributed by atoms with E-state index in [-0.39, 0.29) is 12.4 Å². The molecule has 0 aromatic heterocycles. The van der Waals surface area contributed by atoms with Gasteiger partial charge in [-0.3, -0.25) is 0 Å². The Morgan fingerprint density at radius 1 is 1.35 bits per heavy atom. The minimum absolute atomic E-state index is 0. The summed E-state index contributed by atoms with van der Waals surface area (Å²) in [5, 5.41) is 17.7. The van der Waals surface area contributed by atoms with Gasteiger partial charge in [0.15, 0.2) is 11.6 Å². The zero-order chi connectivity index (χ0) is 12.5. The molecule has 0 aliphatic rings. The van der Waals surface area contributed by atoms with E-state index in [1.54, 1.807) is 0 Å². The maximum atomic E-state index is 12.9. The van der Waals surface area contributed by atoms with Gasteiger partial charge < -0.3 is 10.8 Å². The second kappa shape index (κ2) is 5.21. The van der Waals surface area contributed by atoms with Crippen molar-refractivity contribution in [2.24, 2.45) is 5.73 Å². The van der Waals surface area contributed by atoms with E-state index < -0.39 is 34.9 Å². The molecule has 0 aliphatic heterocycles. The number of phenolic OH excluding ortho intramolecular Hbond substituents is 1. The molecule has 0 bridgehead atoms. The van der Waals surface area contributed by atoms with Crippen LogP contribution in [0.5, 0.6) is 5.75 Å². The van der Waals surface area contributed by atoms with Crippen LogP contribution in [0.1, 0.15) is 17.2 Å². The molecule has 1 aromatic carbocycles. The van der Waals surface area contributed by atoms with Crippen molar-refractivity contribution in [3.63, 3.8) is 0 Å². The Morgan fingerprint density at radius 3 is 2.29 bits per heavy atom. The van der Waals surface area contributed by atoms with Crippen molar-refractivity contribution in [3.05, 3.63) is 29.1 Å². The van der Waals surface area contributed by atoms with E-state index in [0.717, 1.165) is 6.07 Å². The van der Waals surface area contributed by atoms with Gasteiger partial charge in [-0.2, -0.15) is 18.4 Å². The predicted molar refractivity (Wildman–Crippen MR) is 53.0 cm³/mol. The molecule has 3 N–H and O–H groups in total. The molecule has 0 amide bonds. The van der Waals surface area contributed by atoms with E-state index in [2.05, 4.69) is 0 Å². The maximum Gasteiger partial charge on any atom is 0.407 e. The number of aromatic hydroxyl groups is 1. The van der Waals surface area contributed by atoms with Crippen LogP contribution in [0.15, 0.2) is 12.1 Å². The van der Waals surface area contributed by atoms with Crippen LogP contribution in [0.25, 0.3) is 0 Å². The Bertz CT molecular complexity index is 456. The Morgan fingerprint density at radius 2 is 1.88 bits per heavy atom. The van der Waals surface area contributed by atoms with Crippen LogP contribution < -0.4 is 5.73 Å². The van der Waals surface area contributed by atoms with E-state index in [0.29, 0.717) is 6.07 Å². The number of benzene rings is 1. The molecule has 0 fully saturated rings. The lowest BCUT2D eigenvalue weighted by atomic mass is 9.99. The third-order valence-corrected chi connectivity index (χ3v) is 1.95. The van der Waals surface area contributed by atoms with E-state index in [4.69, 9.17) is 16.1 Å². The first kappa shape index (κ1) is 15.5. The second-order valence-corrected chi connectivity index (χ2v) is 2.99. The fourth-order valence-electron chi connectivity index (χ4n) is 1.16. The summed E-state index contributed by atoms with van der Waals surface area (Å²) >= 11 is 0. The van der Waals surface area contributed by atoms with E-state index in [1.807, 2.05) is 0 Å². The minimum Gasteiger partial charge on any atom is -0.505 e. The average Bonchev–Trinajstić information content (AvgIpc) is 2.19. The van der Waals surface area contributed by atoms with E-state index in [1.165, 1.54) is 6.07 Å². The van der Waals surface area contributed by atoms with Crippen LogP contribution in [-0.2, 0) is 0 Å². The minimum atomic E-state index is -4.86. The van der Waals surface area contributed by atoms with Crippen LogP contribution in [0, 0.1) is 17.1 Å². The highest BCUT2D eigenvalue weighted by atomic mass is 35.5. The Balaban J connectivity index is 0.00000256. The molecule has 1 atom stereocenters. The van der Waals surface area contributed by atoms with Gasteiger partial charge in [-0.25, -0.2) is 4.39 Å². The van der Waals surface area contributed by atoms with Crippen LogP contribution in [0.4, 0.5) is 17.6 Å². The largest absolute Gasteiger partial charge is 0.505 e. The lowest BCUT2D eigenvalue weighted by molar-refractivity contribution is -0.149. The van der Waals surface area contributed by atoms with Gasteiger partial charge in [-0.05, 0) is 12.1 Å². The maximum absolute atomic E-state index is 12.9. The van der Waals surface area contributed by atoms with Crippen LogP contribution in [0.3, 0.4) is 0 Å². The molecule has 8 heteroatoms. The fourth-order valence-corrected chi connectivity index (χ4v) is 1.16. The number of halogens is 5. The first-order valence-corrected chi connectivity index (χ1v) is 4.02. The third-order valence-electron chi connectivity index (χ3n) is 1.95. The number of phenols is 1. The van der Waals surface area contributed by atoms with Gasteiger partial charge in [-0.1, -0.05) is 0 Å². The van der Waals surface area contributed by atoms with Gasteiger partial charge in [0.05, 0.1) is 11.6 Å². The summed E-state index contributed by atoms with van der Waals surface area (Å²) in [6.07, 6.45) is -4.86. The van der Waals surface area contributed by atoms with E-state index in [9.17, 15) is 17.6 Å². The predicted octanol–water partition coefficient (Wildman–Crippen LogP) is 2.39. The monoisotopic (exact) mass is 270 g/mol. The summed E-state index contributed by atoms with van der Waals surface area (Å²) in [6.45, 7) is 0. The summed E-state index contributed by atoms with van der Waals surface area (Å²) in [7, 11) is 0. The van der Waals surface area contributed by atoms with Gasteiger partial charge >= 0.3 is 6.18 Å². The fraction of sp³-hybridized carbons (Fsp3) is 0.222. The molecule has 0 unspecified atom stereocenters. The van der Waals surface area contributed by atoms with E-state index >= 15 is 0 Å². The number of nitriles is 1. The lowest BCUT2D eigenvalue weighted by Crippen LogP contribution is -2.29. The molecule has 0 radical (unpaired) electrons. The number of nitrogens with zero attached hydrogens (tertiary/aromatic N) is 1. The molecule has 1 rings (SSSR count). The van der Waals surface area contributed by atoms with Crippen molar-refractivity contribution >= 4 is 12.4 Å². The summed E-state index contributed by atoms with van der Waals surface area (Å²) in [5.41, 5.74) is 3.36. The van der Waals surface area contributed by atoms with Crippen molar-refractivity contribution in [1.82, 2.24) is 0 Å². The van der Waals surface area contributed by atoms with Crippen LogP contribution >= 0.6 is 12.4 Å². The van der Waals surface area contributed by atoms with Crippen LogP contribution in [-0.4, -0.2) is 11.3 Å². The molecule has 0 saturated carbocycles. The number of hydrogen-bond donors (Lipinski definition) is 2. The number of hydrogen-bond acceptors (Lipinski definition) is 3. The normalized spacial score (nSPS) is 12.5. The van der Waals surface area contributed by atoms with Gasteiger partial charge in [0.2, 0.25) is 0 Å². The smallest absolute Gasteiger partial charge is 0.407 e. The summed E-state index contributed by atoms with van der Waals surface area (Å²) < 4.78 is 49.7. The molecule has 17 heavy (non-hydrogen) atoms.